The molecule has 2 unspecified atom stereocenters. The summed E-state index contributed by atoms with van der Waals surface area (Å²) in [5.74, 6) is -0.161. The molecule has 1 rings (SSSR count). The maximum atomic E-state index is 9.84. The lowest BCUT2D eigenvalue weighted by molar-refractivity contribution is 0.00412. The number of hydrogen-bond acceptors (Lipinski definition) is 4. The van der Waals surface area contributed by atoms with E-state index in [1.54, 1.807) is 24.3 Å². The van der Waals surface area contributed by atoms with Gasteiger partial charge in [-0.25, -0.2) is 0 Å². The number of benzene rings is 1. The van der Waals surface area contributed by atoms with E-state index >= 15 is 0 Å². The lowest BCUT2D eigenvalue weighted by Gasteiger charge is -2.19. The maximum absolute atomic E-state index is 9.84. The number of nitrogens with two attached hydrogens (primary N) is 1. The van der Waals surface area contributed by atoms with E-state index in [2.05, 4.69) is 0 Å². The van der Waals surface area contributed by atoms with Crippen molar-refractivity contribution in [2.75, 3.05) is 6.61 Å². The zero-order valence-electron chi connectivity index (χ0n) is 8.80. The number of aliphatic hydroxyl groups is 3. The number of hydrogen-bond donors (Lipinski definition) is 5. The molecule has 88 valence electrons. The van der Waals surface area contributed by atoms with Gasteiger partial charge in [-0.1, -0.05) is 24.3 Å². The van der Waals surface area contributed by atoms with Crippen molar-refractivity contribution in [3.05, 3.63) is 35.4 Å². The van der Waals surface area contributed by atoms with E-state index in [1.165, 1.54) is 0 Å². The molecule has 0 aliphatic rings. The van der Waals surface area contributed by atoms with Crippen LogP contribution in [0.15, 0.2) is 24.3 Å². The van der Waals surface area contributed by atoms with Crippen LogP contribution in [0.3, 0.4) is 0 Å². The van der Waals surface area contributed by atoms with E-state index < -0.39 is 12.2 Å². The molecule has 0 amide bonds. The molecular formula is C11H16N2O3. The van der Waals surface area contributed by atoms with Crippen LogP contribution in [0, 0.1) is 5.41 Å². The summed E-state index contributed by atoms with van der Waals surface area (Å²) in [5, 5.41) is 35.4. The molecule has 2 atom stereocenters. The van der Waals surface area contributed by atoms with Crippen molar-refractivity contribution < 1.29 is 15.3 Å². The van der Waals surface area contributed by atoms with E-state index in [0.717, 1.165) is 0 Å². The van der Waals surface area contributed by atoms with Gasteiger partial charge in [-0.2, -0.15) is 0 Å². The van der Waals surface area contributed by atoms with Crippen molar-refractivity contribution in [1.82, 2.24) is 0 Å². The first-order valence-corrected chi connectivity index (χ1v) is 4.98. The highest BCUT2D eigenvalue weighted by atomic mass is 16.3. The van der Waals surface area contributed by atoms with E-state index in [9.17, 15) is 10.2 Å². The highest BCUT2D eigenvalue weighted by molar-refractivity contribution is 5.96. The summed E-state index contributed by atoms with van der Waals surface area (Å²) in [6.07, 6.45) is -2.13. The molecule has 5 heteroatoms. The monoisotopic (exact) mass is 224 g/mol. The number of amidine groups is 1. The van der Waals surface area contributed by atoms with Crippen LogP contribution in [0.2, 0.25) is 0 Å². The Bertz CT molecular complexity index is 368. The molecule has 0 fully saturated rings. The molecule has 6 N–H and O–H groups in total. The molecule has 0 aliphatic heterocycles. The lowest BCUT2D eigenvalue weighted by Crippen LogP contribution is -2.23. The molecule has 1 aromatic rings. The van der Waals surface area contributed by atoms with Crippen LogP contribution < -0.4 is 5.73 Å². The van der Waals surface area contributed by atoms with E-state index in [4.69, 9.17) is 16.2 Å². The number of nitrogen functional groups attached to an aromatic ring is 1. The first kappa shape index (κ1) is 12.6. The third kappa shape index (κ3) is 2.79. The van der Waals surface area contributed by atoms with Crippen LogP contribution in [0.4, 0.5) is 0 Å². The molecule has 1 aromatic carbocycles. The fraction of sp³-hybridized carbons (Fsp3) is 0.364. The van der Waals surface area contributed by atoms with Crippen molar-refractivity contribution >= 4 is 5.84 Å². The minimum absolute atomic E-state index is 0.0768. The van der Waals surface area contributed by atoms with Crippen LogP contribution in [0.5, 0.6) is 0 Å². The minimum Gasteiger partial charge on any atom is -0.396 e. The average Bonchev–Trinajstić information content (AvgIpc) is 2.28. The second-order valence-corrected chi connectivity index (χ2v) is 3.53. The van der Waals surface area contributed by atoms with Gasteiger partial charge in [-0.3, -0.25) is 5.41 Å². The molecule has 0 saturated carbocycles. The van der Waals surface area contributed by atoms with Gasteiger partial charge in [-0.05, 0) is 12.0 Å². The molecule has 0 saturated heterocycles. The summed E-state index contributed by atoms with van der Waals surface area (Å²) in [5.41, 5.74) is 6.16. The first-order chi connectivity index (χ1) is 7.57. The van der Waals surface area contributed by atoms with Crippen LogP contribution >= 0.6 is 0 Å². The standard InChI is InChI=1S/C11H16N2O3/c12-11(13)8-4-2-1-3-7(8)10(16)9(15)5-6-14/h1-4,9-10,14-16H,5-6H2,(H3,12,13). The van der Waals surface area contributed by atoms with Crippen LogP contribution in [0.1, 0.15) is 23.7 Å². The van der Waals surface area contributed by atoms with Gasteiger partial charge in [0.1, 0.15) is 11.9 Å². The first-order valence-electron chi connectivity index (χ1n) is 4.98. The Hall–Kier alpha value is -1.43. The molecule has 16 heavy (non-hydrogen) atoms. The summed E-state index contributed by atoms with van der Waals surface area (Å²) >= 11 is 0. The largest absolute Gasteiger partial charge is 0.396 e. The molecule has 0 aliphatic carbocycles. The SMILES string of the molecule is N=C(N)c1ccccc1C(O)C(O)CCO. The van der Waals surface area contributed by atoms with Gasteiger partial charge in [0.25, 0.3) is 0 Å². The smallest absolute Gasteiger partial charge is 0.123 e. The second kappa shape index (κ2) is 5.60. The fourth-order valence-corrected chi connectivity index (χ4v) is 1.50. The van der Waals surface area contributed by atoms with Crippen molar-refractivity contribution in [3.8, 4) is 0 Å². The summed E-state index contributed by atoms with van der Waals surface area (Å²) in [4.78, 5) is 0. The van der Waals surface area contributed by atoms with E-state index in [-0.39, 0.29) is 18.9 Å². The molecule has 0 aromatic heterocycles. The van der Waals surface area contributed by atoms with Gasteiger partial charge in [0.15, 0.2) is 0 Å². The summed E-state index contributed by atoms with van der Waals surface area (Å²) in [7, 11) is 0. The van der Waals surface area contributed by atoms with Crippen molar-refractivity contribution in [2.24, 2.45) is 5.73 Å². The number of nitrogens with one attached hydrogen (secondary N) is 1. The zero-order valence-corrected chi connectivity index (χ0v) is 8.80. The normalized spacial score (nSPS) is 14.4. The predicted octanol–water partition coefficient (Wildman–Crippen LogP) is -0.253. The third-order valence-electron chi connectivity index (χ3n) is 2.36. The summed E-state index contributed by atoms with van der Waals surface area (Å²) < 4.78 is 0. The average molecular weight is 224 g/mol. The van der Waals surface area contributed by atoms with Crippen molar-refractivity contribution in [3.63, 3.8) is 0 Å². The number of aliphatic hydroxyl groups excluding tert-OH is 3. The van der Waals surface area contributed by atoms with Gasteiger partial charge in [0, 0.05) is 12.2 Å². The van der Waals surface area contributed by atoms with Crippen molar-refractivity contribution in [1.29, 1.82) is 5.41 Å². The molecular weight excluding hydrogens is 208 g/mol. The third-order valence-corrected chi connectivity index (χ3v) is 2.36. The molecule has 0 bridgehead atoms. The fourth-order valence-electron chi connectivity index (χ4n) is 1.50. The lowest BCUT2D eigenvalue weighted by atomic mass is 9.97. The second-order valence-electron chi connectivity index (χ2n) is 3.53. The summed E-state index contributed by atoms with van der Waals surface area (Å²) in [6, 6.07) is 6.59. The Balaban J connectivity index is 2.98. The highest BCUT2D eigenvalue weighted by Gasteiger charge is 2.21. The topological polar surface area (TPSA) is 111 Å². The quantitative estimate of drug-likeness (QED) is 0.351. The Kier molecular flexibility index (Phi) is 4.42. The highest BCUT2D eigenvalue weighted by Crippen LogP contribution is 2.22. The maximum Gasteiger partial charge on any atom is 0.123 e. The Morgan fingerprint density at radius 3 is 2.50 bits per heavy atom. The van der Waals surface area contributed by atoms with E-state index in [0.29, 0.717) is 11.1 Å². The molecule has 0 heterocycles. The van der Waals surface area contributed by atoms with Gasteiger partial charge in [0.05, 0.1) is 6.10 Å². The van der Waals surface area contributed by atoms with Crippen LogP contribution in [-0.4, -0.2) is 33.9 Å². The Labute approximate surface area is 93.7 Å². The summed E-state index contributed by atoms with van der Waals surface area (Å²) in [6.45, 7) is -0.208. The molecule has 5 nitrogen and oxygen atoms in total. The zero-order chi connectivity index (χ0) is 12.1. The Morgan fingerprint density at radius 1 is 1.31 bits per heavy atom. The van der Waals surface area contributed by atoms with Crippen LogP contribution in [0.25, 0.3) is 0 Å². The van der Waals surface area contributed by atoms with Gasteiger partial charge >= 0.3 is 0 Å². The van der Waals surface area contributed by atoms with Crippen molar-refractivity contribution in [2.45, 2.75) is 18.6 Å². The van der Waals surface area contributed by atoms with Gasteiger partial charge in [0.2, 0.25) is 0 Å². The van der Waals surface area contributed by atoms with Gasteiger partial charge in [-0.15, -0.1) is 0 Å². The number of rotatable bonds is 5. The predicted molar refractivity (Wildman–Crippen MR) is 60.1 cm³/mol. The molecule has 0 spiro atoms. The minimum atomic E-state index is -1.15. The van der Waals surface area contributed by atoms with Gasteiger partial charge < -0.3 is 21.1 Å². The van der Waals surface area contributed by atoms with E-state index in [1.807, 2.05) is 0 Å². The molecule has 0 radical (unpaired) electrons. The van der Waals surface area contributed by atoms with Crippen LogP contribution in [-0.2, 0) is 0 Å². The Morgan fingerprint density at radius 2 is 1.94 bits per heavy atom.